The summed E-state index contributed by atoms with van der Waals surface area (Å²) in [6.45, 7) is 2.68. The van der Waals surface area contributed by atoms with Crippen LogP contribution in [0.3, 0.4) is 0 Å². The minimum Gasteiger partial charge on any atom is -0.478 e. The standard InChI is InChI=1S/C13H18N2O3S/c1-9(8-15(2)3)14-13(18)12-10(6-7-19-12)4-5-11(16)17/h4-7,9H,8H2,1-3H3,(H,14,18)(H,16,17)/b5-4+. The van der Waals surface area contributed by atoms with Gasteiger partial charge < -0.3 is 15.3 Å². The molecule has 0 bridgehead atoms. The van der Waals surface area contributed by atoms with E-state index in [0.29, 0.717) is 10.4 Å². The molecule has 0 aliphatic heterocycles. The van der Waals surface area contributed by atoms with Gasteiger partial charge in [0.05, 0.1) is 4.88 Å². The number of carbonyl (C=O) groups excluding carboxylic acids is 1. The maximum Gasteiger partial charge on any atom is 0.328 e. The second-order valence-corrected chi connectivity index (χ2v) is 5.43. The van der Waals surface area contributed by atoms with Gasteiger partial charge in [-0.3, -0.25) is 4.79 Å². The first kappa shape index (κ1) is 15.4. The lowest BCUT2D eigenvalue weighted by Crippen LogP contribution is -2.39. The van der Waals surface area contributed by atoms with Gasteiger partial charge in [-0.2, -0.15) is 0 Å². The SMILES string of the molecule is CC(CN(C)C)NC(=O)c1sccc1/C=C/C(=O)O. The summed E-state index contributed by atoms with van der Waals surface area (Å²) in [7, 11) is 3.88. The largest absolute Gasteiger partial charge is 0.478 e. The van der Waals surface area contributed by atoms with Crippen molar-refractivity contribution in [2.75, 3.05) is 20.6 Å². The Morgan fingerprint density at radius 3 is 2.79 bits per heavy atom. The molecule has 6 heteroatoms. The van der Waals surface area contributed by atoms with Crippen LogP contribution in [0.5, 0.6) is 0 Å². The highest BCUT2D eigenvalue weighted by molar-refractivity contribution is 7.12. The summed E-state index contributed by atoms with van der Waals surface area (Å²) >= 11 is 1.30. The van der Waals surface area contributed by atoms with Gasteiger partial charge in [0.25, 0.3) is 5.91 Å². The number of nitrogens with one attached hydrogen (secondary N) is 1. The lowest BCUT2D eigenvalue weighted by Gasteiger charge is -2.18. The second-order valence-electron chi connectivity index (χ2n) is 4.51. The molecule has 0 aliphatic rings. The van der Waals surface area contributed by atoms with Gasteiger partial charge in [0.15, 0.2) is 0 Å². The number of likely N-dealkylation sites (N-methyl/N-ethyl adjacent to an activating group) is 1. The van der Waals surface area contributed by atoms with E-state index in [2.05, 4.69) is 5.32 Å². The monoisotopic (exact) mass is 282 g/mol. The number of aliphatic carboxylic acids is 1. The number of hydrogen-bond acceptors (Lipinski definition) is 4. The summed E-state index contributed by atoms with van der Waals surface area (Å²) in [5.74, 6) is -1.20. The van der Waals surface area contributed by atoms with Gasteiger partial charge in [0, 0.05) is 18.7 Å². The van der Waals surface area contributed by atoms with E-state index >= 15 is 0 Å². The molecule has 0 saturated carbocycles. The molecule has 19 heavy (non-hydrogen) atoms. The van der Waals surface area contributed by atoms with Gasteiger partial charge in [-0.1, -0.05) is 0 Å². The first-order valence-corrected chi connectivity index (χ1v) is 6.72. The third kappa shape index (κ3) is 5.23. The molecule has 0 saturated heterocycles. The van der Waals surface area contributed by atoms with Crippen LogP contribution in [-0.4, -0.2) is 48.6 Å². The zero-order valence-electron chi connectivity index (χ0n) is 11.2. The second kappa shape index (κ2) is 7.06. The molecule has 1 unspecified atom stereocenters. The normalized spacial score (nSPS) is 12.8. The van der Waals surface area contributed by atoms with Gasteiger partial charge in [-0.15, -0.1) is 11.3 Å². The van der Waals surface area contributed by atoms with Crippen LogP contribution in [0.1, 0.15) is 22.2 Å². The Morgan fingerprint density at radius 2 is 2.21 bits per heavy atom. The lowest BCUT2D eigenvalue weighted by molar-refractivity contribution is -0.131. The average Bonchev–Trinajstić information content (AvgIpc) is 2.72. The molecule has 1 atom stereocenters. The summed E-state index contributed by atoms with van der Waals surface area (Å²) in [6.07, 6.45) is 2.46. The van der Waals surface area contributed by atoms with E-state index in [1.165, 1.54) is 17.4 Å². The van der Waals surface area contributed by atoms with Crippen molar-refractivity contribution in [3.8, 4) is 0 Å². The van der Waals surface area contributed by atoms with Crippen molar-refractivity contribution in [3.63, 3.8) is 0 Å². The van der Waals surface area contributed by atoms with Crippen LogP contribution in [0.15, 0.2) is 17.5 Å². The Labute approximate surface area is 116 Å². The molecular weight excluding hydrogens is 264 g/mol. The highest BCUT2D eigenvalue weighted by Crippen LogP contribution is 2.18. The van der Waals surface area contributed by atoms with Crippen LogP contribution in [0.25, 0.3) is 6.08 Å². The van der Waals surface area contributed by atoms with Crippen molar-refractivity contribution in [1.29, 1.82) is 0 Å². The highest BCUT2D eigenvalue weighted by Gasteiger charge is 2.14. The Bertz CT molecular complexity index is 480. The van der Waals surface area contributed by atoms with Gasteiger partial charge in [0.2, 0.25) is 0 Å². The molecule has 0 aliphatic carbocycles. The van der Waals surface area contributed by atoms with E-state index in [1.54, 1.807) is 11.4 Å². The van der Waals surface area contributed by atoms with Crippen molar-refractivity contribution < 1.29 is 14.7 Å². The zero-order chi connectivity index (χ0) is 14.4. The number of carbonyl (C=O) groups is 2. The third-order valence-corrected chi connectivity index (χ3v) is 3.25. The van der Waals surface area contributed by atoms with E-state index in [0.717, 1.165) is 12.6 Å². The smallest absolute Gasteiger partial charge is 0.328 e. The molecular formula is C13H18N2O3S. The lowest BCUT2D eigenvalue weighted by atomic mass is 10.2. The van der Waals surface area contributed by atoms with Crippen molar-refractivity contribution in [1.82, 2.24) is 10.2 Å². The number of nitrogens with zero attached hydrogens (tertiary/aromatic N) is 1. The third-order valence-electron chi connectivity index (χ3n) is 2.32. The van der Waals surface area contributed by atoms with Crippen LogP contribution in [-0.2, 0) is 4.79 Å². The molecule has 5 nitrogen and oxygen atoms in total. The molecule has 1 heterocycles. The van der Waals surface area contributed by atoms with Crippen LogP contribution in [0.4, 0.5) is 0 Å². The minimum atomic E-state index is -1.03. The number of carboxylic acid groups (broad SMARTS) is 1. The number of thiophene rings is 1. The van der Waals surface area contributed by atoms with Crippen LogP contribution in [0, 0.1) is 0 Å². The quantitative estimate of drug-likeness (QED) is 0.776. The van der Waals surface area contributed by atoms with E-state index in [9.17, 15) is 9.59 Å². The predicted octanol–water partition coefficient (Wildman–Crippen LogP) is 1.53. The van der Waals surface area contributed by atoms with Crippen molar-refractivity contribution in [2.24, 2.45) is 0 Å². The predicted molar refractivity (Wildman–Crippen MR) is 76.5 cm³/mol. The van der Waals surface area contributed by atoms with Gasteiger partial charge >= 0.3 is 5.97 Å². The molecule has 1 amide bonds. The summed E-state index contributed by atoms with van der Waals surface area (Å²) < 4.78 is 0. The van der Waals surface area contributed by atoms with Crippen molar-refractivity contribution >= 4 is 29.3 Å². The first-order chi connectivity index (χ1) is 8.90. The fourth-order valence-electron chi connectivity index (χ4n) is 1.68. The van der Waals surface area contributed by atoms with Crippen LogP contribution >= 0.6 is 11.3 Å². The minimum absolute atomic E-state index is 0.0286. The van der Waals surface area contributed by atoms with Crippen LogP contribution < -0.4 is 5.32 Å². The Balaban J connectivity index is 2.72. The zero-order valence-corrected chi connectivity index (χ0v) is 12.0. The van der Waals surface area contributed by atoms with Crippen LogP contribution in [0.2, 0.25) is 0 Å². The molecule has 2 N–H and O–H groups in total. The number of amides is 1. The molecule has 0 fully saturated rings. The first-order valence-electron chi connectivity index (χ1n) is 5.84. The van der Waals surface area contributed by atoms with E-state index < -0.39 is 5.97 Å². The maximum atomic E-state index is 12.1. The fraction of sp³-hybridized carbons (Fsp3) is 0.385. The summed E-state index contributed by atoms with van der Waals surface area (Å²) in [4.78, 5) is 25.1. The van der Waals surface area contributed by atoms with Gasteiger partial charge in [-0.25, -0.2) is 4.79 Å². The Hall–Kier alpha value is -1.66. The fourth-order valence-corrected chi connectivity index (χ4v) is 2.47. The maximum absolute atomic E-state index is 12.1. The van der Waals surface area contributed by atoms with Crippen molar-refractivity contribution in [2.45, 2.75) is 13.0 Å². The molecule has 0 radical (unpaired) electrons. The van der Waals surface area contributed by atoms with Crippen molar-refractivity contribution in [3.05, 3.63) is 28.0 Å². The average molecular weight is 282 g/mol. The topological polar surface area (TPSA) is 69.6 Å². The highest BCUT2D eigenvalue weighted by atomic mass is 32.1. The number of rotatable bonds is 6. The molecule has 0 spiro atoms. The van der Waals surface area contributed by atoms with E-state index in [4.69, 9.17) is 5.11 Å². The van der Waals surface area contributed by atoms with Gasteiger partial charge in [-0.05, 0) is 44.1 Å². The molecule has 1 aromatic rings. The molecule has 104 valence electrons. The molecule has 1 aromatic heterocycles. The van der Waals surface area contributed by atoms with E-state index in [-0.39, 0.29) is 11.9 Å². The van der Waals surface area contributed by atoms with Gasteiger partial charge in [0.1, 0.15) is 0 Å². The summed E-state index contributed by atoms with van der Waals surface area (Å²) in [6, 6.07) is 1.76. The van der Waals surface area contributed by atoms with E-state index in [1.807, 2.05) is 25.9 Å². The summed E-state index contributed by atoms with van der Waals surface area (Å²) in [5.41, 5.74) is 0.627. The number of hydrogen-bond donors (Lipinski definition) is 2. The Kier molecular flexibility index (Phi) is 5.72. The Morgan fingerprint density at radius 1 is 1.53 bits per heavy atom. The number of carboxylic acids is 1. The summed E-state index contributed by atoms with van der Waals surface area (Å²) in [5, 5.41) is 13.3. The molecule has 0 aromatic carbocycles. The molecule has 1 rings (SSSR count).